The molecular formula is C31H32O8. The Kier molecular flexibility index (Phi) is 6.30. The topological polar surface area (TPSA) is 115 Å². The fourth-order valence-electron chi connectivity index (χ4n) is 6.90. The minimum Gasteiger partial charge on any atom is -0.508 e. The molecule has 0 unspecified atom stereocenters. The van der Waals surface area contributed by atoms with Crippen LogP contribution in [0.1, 0.15) is 66.9 Å². The van der Waals surface area contributed by atoms with Crippen LogP contribution in [0, 0.1) is 0 Å². The lowest BCUT2D eigenvalue weighted by molar-refractivity contribution is -0.141. The van der Waals surface area contributed by atoms with Crippen LogP contribution in [-0.4, -0.2) is 41.8 Å². The van der Waals surface area contributed by atoms with E-state index in [2.05, 4.69) is 6.07 Å². The van der Waals surface area contributed by atoms with E-state index in [0.29, 0.717) is 11.5 Å². The number of hydrogen-bond acceptors (Lipinski definition) is 8. The number of hydrogen-bond donors (Lipinski definition) is 3. The number of carbonyl (C=O) groups excluding carboxylic acids is 1. The fourth-order valence-corrected chi connectivity index (χ4v) is 6.90. The van der Waals surface area contributed by atoms with E-state index in [1.165, 1.54) is 20.1 Å². The van der Waals surface area contributed by atoms with Crippen molar-refractivity contribution in [2.45, 2.75) is 56.5 Å². The van der Waals surface area contributed by atoms with Crippen molar-refractivity contribution in [1.29, 1.82) is 0 Å². The van der Waals surface area contributed by atoms with Crippen LogP contribution >= 0.6 is 0 Å². The molecule has 39 heavy (non-hydrogen) atoms. The maximum atomic E-state index is 11.8. The predicted octanol–water partition coefficient (Wildman–Crippen LogP) is 5.25. The van der Waals surface area contributed by atoms with Crippen LogP contribution in [0.2, 0.25) is 0 Å². The standard InChI is InChI=1S/C31H32O8/c1-17(33)37-15-23-21-6-7-22-27-19(11-20(34)13-26(27)38-16-32)14-31(9-3-4-10-31)28(22)30(21)39-29(23)18-5-8-24(35)25(12-18)36-2/h5-8,11-13,23,29,32,34-35H,3-4,9-10,14-16H2,1-2H3/t23-,29+/m0/s1. The highest BCUT2D eigenvalue weighted by atomic mass is 16.6. The minimum atomic E-state index is -0.507. The summed E-state index contributed by atoms with van der Waals surface area (Å²) in [5, 5.41) is 30.2. The summed E-state index contributed by atoms with van der Waals surface area (Å²) in [6.45, 7) is 1.03. The molecule has 204 valence electrons. The number of aliphatic hydroxyl groups excluding tert-OH is 1. The number of methoxy groups -OCH3 is 1. The number of rotatable bonds is 6. The molecule has 8 heteroatoms. The van der Waals surface area contributed by atoms with Gasteiger partial charge in [-0.1, -0.05) is 31.0 Å². The van der Waals surface area contributed by atoms with E-state index < -0.39 is 12.9 Å². The monoisotopic (exact) mass is 532 g/mol. The molecule has 1 heterocycles. The largest absolute Gasteiger partial charge is 0.508 e. The van der Waals surface area contributed by atoms with Gasteiger partial charge in [-0.3, -0.25) is 4.79 Å². The van der Waals surface area contributed by atoms with E-state index in [0.717, 1.165) is 71.2 Å². The Bertz CT molecular complexity index is 1440. The van der Waals surface area contributed by atoms with Gasteiger partial charge < -0.3 is 34.3 Å². The van der Waals surface area contributed by atoms with Crippen LogP contribution in [0.15, 0.2) is 42.5 Å². The second-order valence-electron chi connectivity index (χ2n) is 10.7. The SMILES string of the molecule is COc1cc([C@H]2Oc3c(ccc4c3C3(CCCC3)Cc3cc(O)cc(OCO)c3-4)[C@@H]2COC(C)=O)ccc1O. The number of ether oxygens (including phenoxy) is 4. The average Bonchev–Trinajstić information content (AvgIpc) is 3.52. The van der Waals surface area contributed by atoms with Gasteiger partial charge in [-0.05, 0) is 54.2 Å². The van der Waals surface area contributed by atoms with Crippen molar-refractivity contribution in [1.82, 2.24) is 0 Å². The summed E-state index contributed by atoms with van der Waals surface area (Å²) in [6, 6.07) is 12.6. The van der Waals surface area contributed by atoms with Gasteiger partial charge in [0.15, 0.2) is 18.3 Å². The molecule has 0 radical (unpaired) electrons. The molecule has 1 saturated carbocycles. The summed E-state index contributed by atoms with van der Waals surface area (Å²) in [7, 11) is 1.50. The molecule has 0 saturated heterocycles. The molecule has 0 amide bonds. The smallest absolute Gasteiger partial charge is 0.302 e. The molecule has 3 aliphatic rings. The molecule has 6 rings (SSSR count). The first-order chi connectivity index (χ1) is 18.8. The van der Waals surface area contributed by atoms with Gasteiger partial charge in [-0.2, -0.15) is 0 Å². The number of aromatic hydroxyl groups is 2. The third-order valence-corrected chi connectivity index (χ3v) is 8.47. The minimum absolute atomic E-state index is 0.0341. The molecular weight excluding hydrogens is 500 g/mol. The molecule has 0 bridgehead atoms. The van der Waals surface area contributed by atoms with E-state index in [1.807, 2.05) is 6.07 Å². The number of carbonyl (C=O) groups is 1. The summed E-state index contributed by atoms with van der Waals surface area (Å²) in [4.78, 5) is 11.8. The zero-order valence-electron chi connectivity index (χ0n) is 22.0. The molecule has 1 fully saturated rings. The Labute approximate surface area is 226 Å². The molecule has 3 aromatic carbocycles. The van der Waals surface area contributed by atoms with E-state index in [4.69, 9.17) is 18.9 Å². The van der Waals surface area contributed by atoms with Crippen LogP contribution in [0.3, 0.4) is 0 Å². The number of fused-ring (bicyclic) bond motifs is 6. The summed E-state index contributed by atoms with van der Waals surface area (Å²) < 4.78 is 23.3. The molecule has 1 spiro atoms. The van der Waals surface area contributed by atoms with E-state index in [-0.39, 0.29) is 35.4 Å². The average molecular weight is 533 g/mol. The number of aliphatic hydroxyl groups is 1. The van der Waals surface area contributed by atoms with Crippen LogP contribution in [0.5, 0.6) is 28.7 Å². The lowest BCUT2D eigenvalue weighted by atomic mass is 9.65. The van der Waals surface area contributed by atoms with E-state index in [9.17, 15) is 20.1 Å². The maximum Gasteiger partial charge on any atom is 0.302 e. The fraction of sp³-hybridized carbons (Fsp3) is 0.387. The van der Waals surface area contributed by atoms with Crippen LogP contribution in [-0.2, 0) is 21.4 Å². The van der Waals surface area contributed by atoms with Gasteiger partial charge >= 0.3 is 5.97 Å². The van der Waals surface area contributed by atoms with Crippen LogP contribution in [0.4, 0.5) is 0 Å². The Morgan fingerprint density at radius 2 is 1.87 bits per heavy atom. The number of phenols is 2. The van der Waals surface area contributed by atoms with Crippen LogP contribution < -0.4 is 14.2 Å². The lowest BCUT2D eigenvalue weighted by Crippen LogP contribution is -2.30. The number of esters is 1. The number of benzene rings is 3. The van der Waals surface area contributed by atoms with E-state index in [1.54, 1.807) is 24.3 Å². The van der Waals surface area contributed by atoms with Gasteiger partial charge in [0.2, 0.25) is 0 Å². The first-order valence-corrected chi connectivity index (χ1v) is 13.3. The second-order valence-corrected chi connectivity index (χ2v) is 10.7. The normalized spacial score (nSPS) is 20.1. The van der Waals surface area contributed by atoms with Gasteiger partial charge in [0, 0.05) is 35.1 Å². The summed E-state index contributed by atoms with van der Waals surface area (Å²) in [6.07, 6.45) is 4.40. The van der Waals surface area contributed by atoms with Gasteiger partial charge in [0.1, 0.15) is 30.0 Å². The van der Waals surface area contributed by atoms with Crippen molar-refractivity contribution in [2.24, 2.45) is 0 Å². The molecule has 2 aliphatic carbocycles. The van der Waals surface area contributed by atoms with Crippen LogP contribution in [0.25, 0.3) is 11.1 Å². The van der Waals surface area contributed by atoms with Crippen molar-refractivity contribution in [3.8, 4) is 39.9 Å². The Morgan fingerprint density at radius 1 is 1.08 bits per heavy atom. The molecule has 1 aliphatic heterocycles. The lowest BCUT2D eigenvalue weighted by Gasteiger charge is -2.39. The second kappa shape index (κ2) is 9.68. The van der Waals surface area contributed by atoms with E-state index >= 15 is 0 Å². The Morgan fingerprint density at radius 3 is 2.59 bits per heavy atom. The first-order valence-electron chi connectivity index (χ1n) is 13.3. The van der Waals surface area contributed by atoms with Crippen molar-refractivity contribution in [3.63, 3.8) is 0 Å². The first kappa shape index (κ1) is 25.4. The summed E-state index contributed by atoms with van der Waals surface area (Å²) in [5.74, 6) is 1.06. The zero-order chi connectivity index (χ0) is 27.3. The molecule has 3 N–H and O–H groups in total. The van der Waals surface area contributed by atoms with Gasteiger partial charge in [0.05, 0.1) is 13.0 Å². The van der Waals surface area contributed by atoms with Gasteiger partial charge in [0.25, 0.3) is 0 Å². The third-order valence-electron chi connectivity index (χ3n) is 8.47. The quantitative estimate of drug-likeness (QED) is 0.291. The summed E-state index contributed by atoms with van der Waals surface area (Å²) in [5.41, 5.74) is 5.51. The third kappa shape index (κ3) is 4.14. The molecule has 2 atom stereocenters. The molecule has 8 nitrogen and oxygen atoms in total. The van der Waals surface area contributed by atoms with Crippen molar-refractivity contribution in [2.75, 3.05) is 20.5 Å². The zero-order valence-corrected chi connectivity index (χ0v) is 22.0. The van der Waals surface area contributed by atoms with Crippen molar-refractivity contribution < 1.29 is 39.1 Å². The van der Waals surface area contributed by atoms with Crippen molar-refractivity contribution >= 4 is 5.97 Å². The summed E-state index contributed by atoms with van der Waals surface area (Å²) >= 11 is 0. The highest BCUT2D eigenvalue weighted by Crippen LogP contribution is 2.61. The Balaban J connectivity index is 1.55. The Hall–Kier alpha value is -3.91. The molecule has 3 aromatic rings. The molecule has 0 aromatic heterocycles. The van der Waals surface area contributed by atoms with Crippen molar-refractivity contribution in [3.05, 3.63) is 64.7 Å². The van der Waals surface area contributed by atoms with Gasteiger partial charge in [-0.25, -0.2) is 0 Å². The highest BCUT2D eigenvalue weighted by Gasteiger charge is 2.48. The maximum absolute atomic E-state index is 11.8. The predicted molar refractivity (Wildman–Crippen MR) is 143 cm³/mol. The highest BCUT2D eigenvalue weighted by molar-refractivity contribution is 5.84. The van der Waals surface area contributed by atoms with Gasteiger partial charge in [-0.15, -0.1) is 0 Å². The number of phenolic OH excluding ortho intramolecular Hbond substituents is 2.